The molecule has 0 aromatic heterocycles. The molecule has 3 rings (SSSR count). The van der Waals surface area contributed by atoms with Gasteiger partial charge in [-0.25, -0.2) is 0 Å². The first kappa shape index (κ1) is 14.2. The number of nitrogens with zero attached hydrogens (tertiary/aromatic N) is 1. The molecule has 1 aliphatic heterocycles. The van der Waals surface area contributed by atoms with Crippen LogP contribution in [0.2, 0.25) is 0 Å². The van der Waals surface area contributed by atoms with Crippen LogP contribution in [0.25, 0.3) is 0 Å². The maximum absolute atomic E-state index is 10.4. The zero-order valence-electron chi connectivity index (χ0n) is 11.9. The summed E-state index contributed by atoms with van der Waals surface area (Å²) in [5.74, 6) is 2.18. The lowest BCUT2D eigenvalue weighted by Crippen LogP contribution is -2.62. The van der Waals surface area contributed by atoms with Crippen molar-refractivity contribution in [2.45, 2.75) is 25.0 Å². The van der Waals surface area contributed by atoms with Crippen LogP contribution in [0.5, 0.6) is 11.5 Å². The lowest BCUT2D eigenvalue weighted by atomic mass is 9.88. The van der Waals surface area contributed by atoms with Crippen LogP contribution in [0.4, 0.5) is 0 Å². The van der Waals surface area contributed by atoms with Gasteiger partial charge in [-0.3, -0.25) is 4.90 Å². The summed E-state index contributed by atoms with van der Waals surface area (Å²) >= 11 is 3.47. The Morgan fingerprint density at radius 1 is 1.25 bits per heavy atom. The van der Waals surface area contributed by atoms with Gasteiger partial charge in [0.15, 0.2) is 0 Å². The predicted molar refractivity (Wildman–Crippen MR) is 80.2 cm³/mol. The van der Waals surface area contributed by atoms with Crippen molar-refractivity contribution in [3.63, 3.8) is 0 Å². The Labute approximate surface area is 127 Å². The third kappa shape index (κ3) is 2.54. The van der Waals surface area contributed by atoms with E-state index in [-0.39, 0.29) is 0 Å². The predicted octanol–water partition coefficient (Wildman–Crippen LogP) is 2.42. The van der Waals surface area contributed by atoms with Crippen molar-refractivity contribution in [3.05, 3.63) is 22.2 Å². The van der Waals surface area contributed by atoms with Gasteiger partial charge in [0.2, 0.25) is 0 Å². The van der Waals surface area contributed by atoms with Crippen LogP contribution < -0.4 is 9.47 Å². The van der Waals surface area contributed by atoms with Gasteiger partial charge in [0, 0.05) is 25.2 Å². The van der Waals surface area contributed by atoms with Crippen molar-refractivity contribution in [2.75, 3.05) is 27.3 Å². The first-order chi connectivity index (χ1) is 9.55. The molecule has 2 aliphatic rings. The van der Waals surface area contributed by atoms with E-state index in [1.54, 1.807) is 14.2 Å². The number of rotatable bonds is 5. The van der Waals surface area contributed by atoms with Crippen LogP contribution in [0.15, 0.2) is 16.6 Å². The summed E-state index contributed by atoms with van der Waals surface area (Å²) in [4.78, 5) is 2.25. The van der Waals surface area contributed by atoms with E-state index >= 15 is 0 Å². The van der Waals surface area contributed by atoms with Gasteiger partial charge in [0.05, 0.1) is 24.3 Å². The highest BCUT2D eigenvalue weighted by atomic mass is 79.9. The topological polar surface area (TPSA) is 41.9 Å². The summed E-state index contributed by atoms with van der Waals surface area (Å²) in [6.07, 6.45) is 2.36. The average Bonchev–Trinajstić information content (AvgIpc) is 3.22. The number of hydrogen-bond acceptors (Lipinski definition) is 4. The number of aliphatic hydroxyl groups is 1. The normalized spacial score (nSPS) is 21.4. The lowest BCUT2D eigenvalue weighted by molar-refractivity contribution is -0.116. The van der Waals surface area contributed by atoms with E-state index in [1.807, 2.05) is 12.1 Å². The summed E-state index contributed by atoms with van der Waals surface area (Å²) in [5, 5.41) is 10.4. The number of ether oxygens (including phenoxy) is 2. The minimum absolute atomic E-state index is 0.438. The molecule has 2 fully saturated rings. The highest BCUT2D eigenvalue weighted by Gasteiger charge is 2.51. The quantitative estimate of drug-likeness (QED) is 0.893. The van der Waals surface area contributed by atoms with E-state index in [9.17, 15) is 5.11 Å². The average molecular weight is 342 g/mol. The molecule has 110 valence electrons. The van der Waals surface area contributed by atoms with E-state index in [0.717, 1.165) is 41.2 Å². The molecule has 1 aromatic carbocycles. The second-order valence-corrected chi connectivity index (χ2v) is 6.68. The molecule has 4 nitrogen and oxygen atoms in total. The van der Waals surface area contributed by atoms with Crippen molar-refractivity contribution >= 4 is 15.9 Å². The summed E-state index contributed by atoms with van der Waals surface area (Å²) in [6.45, 7) is 2.31. The monoisotopic (exact) mass is 341 g/mol. The van der Waals surface area contributed by atoms with Gasteiger partial charge in [-0.2, -0.15) is 0 Å². The fraction of sp³-hybridized carbons (Fsp3) is 0.600. The first-order valence-electron chi connectivity index (χ1n) is 6.91. The highest BCUT2D eigenvalue weighted by molar-refractivity contribution is 9.10. The number of halogens is 1. The number of likely N-dealkylation sites (tertiary alicyclic amines) is 1. The molecule has 1 aliphatic carbocycles. The molecular weight excluding hydrogens is 322 g/mol. The van der Waals surface area contributed by atoms with Gasteiger partial charge in [-0.1, -0.05) is 0 Å². The lowest BCUT2D eigenvalue weighted by Gasteiger charge is -2.47. The molecule has 1 heterocycles. The van der Waals surface area contributed by atoms with Crippen LogP contribution in [-0.2, 0) is 6.54 Å². The van der Waals surface area contributed by atoms with Crippen molar-refractivity contribution in [1.82, 2.24) is 4.90 Å². The maximum Gasteiger partial charge on any atom is 0.133 e. The van der Waals surface area contributed by atoms with E-state index < -0.39 is 5.60 Å². The largest absolute Gasteiger partial charge is 0.496 e. The molecule has 0 atom stereocenters. The molecule has 0 radical (unpaired) electrons. The standard InChI is InChI=1S/C15H20BrNO3/c1-19-13-6-12(16)14(20-2)5-10(13)7-17-8-15(18,9-17)11-3-4-11/h5-6,11,18H,3-4,7-9H2,1-2H3. The summed E-state index contributed by atoms with van der Waals surface area (Å²) in [7, 11) is 3.33. The number of methoxy groups -OCH3 is 2. The Morgan fingerprint density at radius 2 is 1.90 bits per heavy atom. The molecule has 0 spiro atoms. The molecule has 1 saturated heterocycles. The third-order valence-corrected chi connectivity index (χ3v) is 4.90. The van der Waals surface area contributed by atoms with Crippen LogP contribution in [0.3, 0.4) is 0 Å². The van der Waals surface area contributed by atoms with E-state index in [1.165, 1.54) is 12.8 Å². The molecule has 1 saturated carbocycles. The zero-order valence-corrected chi connectivity index (χ0v) is 13.4. The highest BCUT2D eigenvalue weighted by Crippen LogP contribution is 2.45. The van der Waals surface area contributed by atoms with E-state index in [0.29, 0.717) is 5.92 Å². The summed E-state index contributed by atoms with van der Waals surface area (Å²) in [6, 6.07) is 3.93. The Morgan fingerprint density at radius 3 is 2.45 bits per heavy atom. The smallest absolute Gasteiger partial charge is 0.133 e. The number of benzene rings is 1. The minimum Gasteiger partial charge on any atom is -0.496 e. The van der Waals surface area contributed by atoms with Gasteiger partial charge in [-0.05, 0) is 46.8 Å². The molecule has 1 aromatic rings. The fourth-order valence-corrected chi connectivity index (χ4v) is 3.49. The summed E-state index contributed by atoms with van der Waals surface area (Å²) in [5.41, 5.74) is 0.651. The molecule has 0 amide bonds. The van der Waals surface area contributed by atoms with Crippen molar-refractivity contribution in [2.24, 2.45) is 5.92 Å². The number of β-amino-alcohol motifs (C(OH)–C–C–N with tert-alkyl or cyclic N) is 1. The van der Waals surface area contributed by atoms with E-state index in [2.05, 4.69) is 20.8 Å². The molecule has 0 unspecified atom stereocenters. The second-order valence-electron chi connectivity index (χ2n) is 5.82. The second kappa shape index (κ2) is 5.20. The fourth-order valence-electron chi connectivity index (χ4n) is 3.01. The molecule has 1 N–H and O–H groups in total. The van der Waals surface area contributed by atoms with Gasteiger partial charge >= 0.3 is 0 Å². The van der Waals surface area contributed by atoms with E-state index in [4.69, 9.17) is 9.47 Å². The molecule has 0 bridgehead atoms. The Bertz CT molecular complexity index is 510. The number of hydrogen-bond donors (Lipinski definition) is 1. The van der Waals surface area contributed by atoms with Crippen LogP contribution in [0.1, 0.15) is 18.4 Å². The third-order valence-electron chi connectivity index (χ3n) is 4.28. The van der Waals surface area contributed by atoms with Gasteiger partial charge in [0.1, 0.15) is 11.5 Å². The first-order valence-corrected chi connectivity index (χ1v) is 7.70. The molecular formula is C15H20BrNO3. The van der Waals surface area contributed by atoms with Crippen LogP contribution in [0, 0.1) is 5.92 Å². The molecule has 5 heteroatoms. The Kier molecular flexibility index (Phi) is 3.69. The minimum atomic E-state index is -0.438. The van der Waals surface area contributed by atoms with Gasteiger partial charge in [0.25, 0.3) is 0 Å². The van der Waals surface area contributed by atoms with Crippen molar-refractivity contribution in [1.29, 1.82) is 0 Å². The van der Waals surface area contributed by atoms with Crippen molar-refractivity contribution in [3.8, 4) is 11.5 Å². The summed E-state index contributed by atoms with van der Waals surface area (Å²) < 4.78 is 11.7. The Hall–Kier alpha value is -0.780. The SMILES string of the molecule is COc1cc(CN2CC(O)(C3CC3)C2)c(OC)cc1Br. The Balaban J connectivity index is 1.71. The van der Waals surface area contributed by atoms with Gasteiger partial charge in [-0.15, -0.1) is 0 Å². The van der Waals surface area contributed by atoms with Crippen molar-refractivity contribution < 1.29 is 14.6 Å². The maximum atomic E-state index is 10.4. The zero-order chi connectivity index (χ0) is 14.3. The van der Waals surface area contributed by atoms with Gasteiger partial charge < -0.3 is 14.6 Å². The van der Waals surface area contributed by atoms with Crippen LogP contribution >= 0.6 is 15.9 Å². The molecule has 20 heavy (non-hydrogen) atoms. The van der Waals surface area contributed by atoms with Crippen LogP contribution in [-0.4, -0.2) is 42.9 Å².